The number of phenolic OH excluding ortho intramolecular Hbond substituents is 2. The summed E-state index contributed by atoms with van der Waals surface area (Å²) in [4.78, 5) is 3.28. The lowest BCUT2D eigenvalue weighted by molar-refractivity contribution is 0.236. The van der Waals surface area contributed by atoms with E-state index in [1.165, 1.54) is 5.56 Å². The summed E-state index contributed by atoms with van der Waals surface area (Å²) in [5, 5.41) is 19.7. The lowest BCUT2D eigenvalue weighted by atomic mass is 9.85. The maximum Gasteiger partial charge on any atom is 0.157 e. The molecule has 3 nitrogen and oxygen atoms in total. The number of aryl methyl sites for hydroxylation is 1. The standard InChI is InChI=1S/C21H25NO2S/c1-14(2)21-17-13-19(24)18(23)12-16(17)10-11-22(21)20(25)9-8-15-6-4-3-5-7-15/h3-7,12-14,21,23-24H,8-11H2,1-2H3. The summed E-state index contributed by atoms with van der Waals surface area (Å²) in [5.41, 5.74) is 3.49. The van der Waals surface area contributed by atoms with Crippen LogP contribution in [0.25, 0.3) is 0 Å². The zero-order valence-corrected chi connectivity index (χ0v) is 15.6. The molecule has 0 aliphatic carbocycles. The zero-order valence-electron chi connectivity index (χ0n) is 14.8. The number of nitrogens with zero attached hydrogens (tertiary/aromatic N) is 1. The molecule has 2 N–H and O–H groups in total. The first kappa shape index (κ1) is 17.7. The van der Waals surface area contributed by atoms with E-state index in [2.05, 4.69) is 43.0 Å². The van der Waals surface area contributed by atoms with E-state index in [4.69, 9.17) is 12.2 Å². The zero-order chi connectivity index (χ0) is 18.0. The fourth-order valence-electron chi connectivity index (χ4n) is 3.71. The Morgan fingerprint density at radius 3 is 2.52 bits per heavy atom. The molecule has 0 spiro atoms. The molecule has 1 aliphatic rings. The average molecular weight is 356 g/mol. The van der Waals surface area contributed by atoms with Crippen LogP contribution in [0, 0.1) is 5.92 Å². The number of benzene rings is 2. The molecule has 1 aliphatic heterocycles. The van der Waals surface area contributed by atoms with Gasteiger partial charge in [-0.05, 0) is 47.6 Å². The summed E-state index contributed by atoms with van der Waals surface area (Å²) in [5.74, 6) is 0.264. The Hall–Kier alpha value is -2.07. The van der Waals surface area contributed by atoms with Gasteiger partial charge in [-0.2, -0.15) is 0 Å². The van der Waals surface area contributed by atoms with E-state index >= 15 is 0 Å². The Bertz CT molecular complexity index is 758. The van der Waals surface area contributed by atoms with Gasteiger partial charge in [-0.15, -0.1) is 0 Å². The largest absolute Gasteiger partial charge is 0.504 e. The number of aromatic hydroxyl groups is 2. The quantitative estimate of drug-likeness (QED) is 0.621. The Morgan fingerprint density at radius 1 is 1.16 bits per heavy atom. The van der Waals surface area contributed by atoms with Gasteiger partial charge < -0.3 is 15.1 Å². The van der Waals surface area contributed by atoms with Gasteiger partial charge in [-0.1, -0.05) is 56.4 Å². The van der Waals surface area contributed by atoms with Gasteiger partial charge in [0.05, 0.1) is 11.0 Å². The Morgan fingerprint density at radius 2 is 1.84 bits per heavy atom. The molecule has 0 saturated carbocycles. The summed E-state index contributed by atoms with van der Waals surface area (Å²) in [7, 11) is 0. The van der Waals surface area contributed by atoms with Gasteiger partial charge in [0.25, 0.3) is 0 Å². The van der Waals surface area contributed by atoms with Crippen molar-refractivity contribution in [2.24, 2.45) is 5.92 Å². The van der Waals surface area contributed by atoms with Gasteiger partial charge in [0.15, 0.2) is 11.5 Å². The van der Waals surface area contributed by atoms with Crippen LogP contribution in [-0.2, 0) is 12.8 Å². The molecular formula is C21H25NO2S. The number of fused-ring (bicyclic) bond motifs is 1. The lowest BCUT2D eigenvalue weighted by Crippen LogP contribution is -2.41. The van der Waals surface area contributed by atoms with Gasteiger partial charge in [0, 0.05) is 13.0 Å². The van der Waals surface area contributed by atoms with E-state index in [-0.39, 0.29) is 17.5 Å². The molecule has 25 heavy (non-hydrogen) atoms. The van der Waals surface area contributed by atoms with Gasteiger partial charge in [-0.25, -0.2) is 0 Å². The number of phenols is 2. The average Bonchev–Trinajstić information content (AvgIpc) is 2.60. The summed E-state index contributed by atoms with van der Waals surface area (Å²) in [6.07, 6.45) is 2.62. The van der Waals surface area contributed by atoms with Crippen LogP contribution in [0.15, 0.2) is 42.5 Å². The predicted octanol–water partition coefficient (Wildman–Crippen LogP) is 4.61. The molecule has 2 aromatic carbocycles. The van der Waals surface area contributed by atoms with Crippen LogP contribution in [0.2, 0.25) is 0 Å². The van der Waals surface area contributed by atoms with E-state index in [0.717, 1.165) is 41.9 Å². The summed E-state index contributed by atoms with van der Waals surface area (Å²) >= 11 is 5.77. The topological polar surface area (TPSA) is 43.7 Å². The highest BCUT2D eigenvalue weighted by atomic mass is 32.1. The second-order valence-electron chi connectivity index (χ2n) is 7.05. The van der Waals surface area contributed by atoms with Gasteiger partial charge in [-0.3, -0.25) is 0 Å². The van der Waals surface area contributed by atoms with Crippen LogP contribution in [0.1, 0.15) is 43.0 Å². The normalized spacial score (nSPS) is 16.8. The van der Waals surface area contributed by atoms with Crippen molar-refractivity contribution in [1.29, 1.82) is 0 Å². The van der Waals surface area contributed by atoms with Crippen molar-refractivity contribution in [3.05, 3.63) is 59.2 Å². The summed E-state index contributed by atoms with van der Waals surface area (Å²) in [6.45, 7) is 5.21. The van der Waals surface area contributed by atoms with Gasteiger partial charge in [0.2, 0.25) is 0 Å². The third kappa shape index (κ3) is 3.79. The Labute approximate surface area is 154 Å². The Balaban J connectivity index is 1.81. The molecule has 0 fully saturated rings. The molecule has 0 radical (unpaired) electrons. The minimum atomic E-state index is -0.0542. The van der Waals surface area contributed by atoms with E-state index in [0.29, 0.717) is 5.92 Å². The van der Waals surface area contributed by atoms with Crippen LogP contribution in [0.4, 0.5) is 0 Å². The fraction of sp³-hybridized carbons (Fsp3) is 0.381. The molecule has 3 rings (SSSR count). The van der Waals surface area contributed by atoms with Crippen molar-refractivity contribution in [2.45, 2.75) is 39.2 Å². The van der Waals surface area contributed by atoms with Crippen molar-refractivity contribution in [2.75, 3.05) is 6.54 Å². The molecule has 1 unspecified atom stereocenters. The smallest absolute Gasteiger partial charge is 0.157 e. The van der Waals surface area contributed by atoms with Crippen molar-refractivity contribution in [3.8, 4) is 11.5 Å². The molecule has 0 bridgehead atoms. The predicted molar refractivity (Wildman–Crippen MR) is 105 cm³/mol. The molecule has 4 heteroatoms. The molecule has 0 aromatic heterocycles. The minimum Gasteiger partial charge on any atom is -0.504 e. The van der Waals surface area contributed by atoms with E-state index in [1.807, 2.05) is 6.07 Å². The molecule has 132 valence electrons. The van der Waals surface area contributed by atoms with Crippen LogP contribution < -0.4 is 0 Å². The highest BCUT2D eigenvalue weighted by molar-refractivity contribution is 7.80. The number of rotatable bonds is 4. The van der Waals surface area contributed by atoms with E-state index in [1.54, 1.807) is 12.1 Å². The van der Waals surface area contributed by atoms with Crippen LogP contribution in [-0.4, -0.2) is 26.6 Å². The summed E-state index contributed by atoms with van der Waals surface area (Å²) in [6, 6.07) is 14.0. The highest BCUT2D eigenvalue weighted by Gasteiger charge is 2.32. The second kappa shape index (κ2) is 7.44. The van der Waals surface area contributed by atoms with Crippen molar-refractivity contribution in [1.82, 2.24) is 4.90 Å². The maximum absolute atomic E-state index is 9.95. The van der Waals surface area contributed by atoms with Crippen molar-refractivity contribution < 1.29 is 10.2 Å². The maximum atomic E-state index is 9.95. The van der Waals surface area contributed by atoms with Crippen molar-refractivity contribution >= 4 is 17.2 Å². The minimum absolute atomic E-state index is 0.0404. The second-order valence-corrected chi connectivity index (χ2v) is 7.52. The third-order valence-corrected chi connectivity index (χ3v) is 5.37. The highest BCUT2D eigenvalue weighted by Crippen LogP contribution is 2.40. The van der Waals surface area contributed by atoms with Gasteiger partial charge >= 0.3 is 0 Å². The van der Waals surface area contributed by atoms with Crippen LogP contribution in [0.3, 0.4) is 0 Å². The lowest BCUT2D eigenvalue weighted by Gasteiger charge is -2.41. The molecule has 2 aromatic rings. The number of thiocarbonyl (C=S) groups is 1. The molecular weight excluding hydrogens is 330 g/mol. The van der Waals surface area contributed by atoms with E-state index in [9.17, 15) is 10.2 Å². The molecule has 0 amide bonds. The first-order valence-electron chi connectivity index (χ1n) is 8.85. The molecule has 0 saturated heterocycles. The monoisotopic (exact) mass is 355 g/mol. The first-order chi connectivity index (χ1) is 12.0. The van der Waals surface area contributed by atoms with Crippen LogP contribution >= 0.6 is 12.2 Å². The van der Waals surface area contributed by atoms with Gasteiger partial charge in [0.1, 0.15) is 0 Å². The fourth-order valence-corrected chi connectivity index (χ4v) is 4.02. The summed E-state index contributed by atoms with van der Waals surface area (Å²) < 4.78 is 0. The van der Waals surface area contributed by atoms with Crippen LogP contribution in [0.5, 0.6) is 11.5 Å². The Kier molecular flexibility index (Phi) is 5.28. The van der Waals surface area contributed by atoms with E-state index < -0.39 is 0 Å². The molecule has 1 heterocycles. The number of hydrogen-bond acceptors (Lipinski definition) is 3. The first-order valence-corrected chi connectivity index (χ1v) is 9.26. The molecule has 1 atom stereocenters. The SMILES string of the molecule is CC(C)C1c2cc(O)c(O)cc2CCN1C(=S)CCc1ccccc1. The number of hydrogen-bond donors (Lipinski definition) is 2. The van der Waals surface area contributed by atoms with Crippen molar-refractivity contribution in [3.63, 3.8) is 0 Å². The third-order valence-electron chi connectivity index (χ3n) is 4.94.